The summed E-state index contributed by atoms with van der Waals surface area (Å²) >= 11 is 0. The summed E-state index contributed by atoms with van der Waals surface area (Å²) in [6.45, 7) is 0. The number of rotatable bonds is 0. The van der Waals surface area contributed by atoms with Gasteiger partial charge in [-0.1, -0.05) is 7.43 Å². The minimum atomic E-state index is 0. The second-order valence-corrected chi connectivity index (χ2v) is 0. The van der Waals surface area contributed by atoms with Gasteiger partial charge in [-0.3, -0.25) is 0 Å². The maximum atomic E-state index is 0. The quantitative estimate of drug-likeness (QED) is 0.563. The van der Waals surface area contributed by atoms with Crippen LogP contribution in [0, 0.1) is 0 Å². The minimum Gasteiger partial charge on any atom is -0.0776 e. The van der Waals surface area contributed by atoms with Crippen molar-refractivity contribution >= 4 is 11.0 Å². The SMILES string of the molecule is C.[Cr].[Fe].[Mo].[Ni].[Si]. The van der Waals surface area contributed by atoms with Crippen molar-refractivity contribution in [3.05, 3.63) is 0 Å². The molecule has 0 aromatic rings. The molecule has 0 aliphatic carbocycles. The van der Waals surface area contributed by atoms with Crippen LogP contribution in [0.3, 0.4) is 0 Å². The predicted octanol–water partition coefficient (Wildman–Crippen LogP) is 0.245. The molecule has 4 radical (unpaired) electrons. The molecule has 5 heteroatoms. The van der Waals surface area contributed by atoms with Crippen LogP contribution in [0.1, 0.15) is 7.43 Å². The first-order valence-electron chi connectivity index (χ1n) is 0. The van der Waals surface area contributed by atoms with Crippen LogP contribution in [-0.4, -0.2) is 11.0 Å². The Morgan fingerprint density at radius 3 is 1.00 bits per heavy atom. The van der Waals surface area contributed by atoms with E-state index in [2.05, 4.69) is 0 Å². The molecule has 0 bridgehead atoms. The van der Waals surface area contributed by atoms with E-state index >= 15 is 0 Å². The van der Waals surface area contributed by atoms with Gasteiger partial charge in [-0.25, -0.2) is 0 Å². The van der Waals surface area contributed by atoms with E-state index in [1.54, 1.807) is 0 Å². The zero-order valence-corrected chi connectivity index (χ0v) is 8.36. The van der Waals surface area contributed by atoms with Crippen LogP contribution in [0.15, 0.2) is 0 Å². The fourth-order valence-corrected chi connectivity index (χ4v) is 0. The maximum absolute atomic E-state index is 0. The van der Waals surface area contributed by atoms with Gasteiger partial charge in [-0.05, 0) is 0 Å². The third kappa shape index (κ3) is 31.9. The zero-order chi connectivity index (χ0) is 0. The average molecular weight is 307 g/mol. The molecule has 0 heterocycles. The third-order valence-corrected chi connectivity index (χ3v) is 0. The van der Waals surface area contributed by atoms with Crippen molar-refractivity contribution in [2.45, 2.75) is 7.43 Å². The summed E-state index contributed by atoms with van der Waals surface area (Å²) < 4.78 is 0. The Kier molecular flexibility index (Phi) is 672. The molecule has 0 fully saturated rings. The molecule has 6 heavy (non-hydrogen) atoms. The fourth-order valence-electron chi connectivity index (χ4n) is 0. The molecule has 0 spiro atoms. The topological polar surface area (TPSA) is 0 Å². The van der Waals surface area contributed by atoms with Crippen LogP contribution in [0.4, 0.5) is 0 Å². The van der Waals surface area contributed by atoms with E-state index in [1.165, 1.54) is 0 Å². The van der Waals surface area contributed by atoms with Crippen LogP contribution >= 0.6 is 0 Å². The molecule has 0 aromatic carbocycles. The van der Waals surface area contributed by atoms with Crippen LogP contribution in [0.2, 0.25) is 0 Å². The third-order valence-electron chi connectivity index (χ3n) is 0. The smallest absolute Gasteiger partial charge is 0 e. The number of hydrogen-bond acceptors (Lipinski definition) is 0. The number of hydrogen-bond donors (Lipinski definition) is 0. The molecule has 0 saturated heterocycles. The van der Waals surface area contributed by atoms with E-state index in [0.717, 1.165) is 0 Å². The van der Waals surface area contributed by atoms with Crippen molar-refractivity contribution in [3.63, 3.8) is 0 Å². The average Bonchev–Trinajstić information content (AvgIpc) is 0. The van der Waals surface area contributed by atoms with Crippen molar-refractivity contribution in [2.75, 3.05) is 0 Å². The Morgan fingerprint density at radius 1 is 1.00 bits per heavy atom. The van der Waals surface area contributed by atoms with Gasteiger partial charge >= 0.3 is 0 Å². The normalized spacial score (nSPS) is 0. The molecule has 0 aliphatic heterocycles. The molecule has 0 amide bonds. The van der Waals surface area contributed by atoms with Gasteiger partial charge in [-0.15, -0.1) is 0 Å². The standard InChI is InChI=1S/CH4.Cr.Fe.Mo.Ni.Si/h1H4;;;;;. The van der Waals surface area contributed by atoms with Gasteiger partial charge in [-0.2, -0.15) is 0 Å². The molecule has 0 unspecified atom stereocenters. The van der Waals surface area contributed by atoms with Gasteiger partial charge in [0.2, 0.25) is 0 Å². The largest absolute Gasteiger partial charge is 0.0776 e. The van der Waals surface area contributed by atoms with Crippen LogP contribution in [0.5, 0.6) is 0 Å². The van der Waals surface area contributed by atoms with E-state index in [1.807, 2.05) is 0 Å². The molecular weight excluding hydrogens is 303 g/mol. The second kappa shape index (κ2) is 51.6. The van der Waals surface area contributed by atoms with E-state index in [0.29, 0.717) is 0 Å². The Labute approximate surface area is 89.4 Å². The Bertz CT molecular complexity index is 15.5. The molecule has 42 valence electrons. The van der Waals surface area contributed by atoms with Crippen LogP contribution < -0.4 is 0 Å². The first kappa shape index (κ1) is 78.1. The summed E-state index contributed by atoms with van der Waals surface area (Å²) in [7, 11) is 0. The predicted molar refractivity (Wildman–Crippen MR) is 12.5 cm³/mol. The zero-order valence-electron chi connectivity index (χ0n) is 1.99. The van der Waals surface area contributed by atoms with Crippen LogP contribution in [0.25, 0.3) is 0 Å². The van der Waals surface area contributed by atoms with E-state index in [-0.39, 0.29) is 90.4 Å². The monoisotopic (exact) mass is 308 g/mol. The first-order chi connectivity index (χ1) is 0. The van der Waals surface area contributed by atoms with Crippen molar-refractivity contribution in [1.82, 2.24) is 0 Å². The molecule has 0 atom stereocenters. The Hall–Kier alpha value is 2.45. The Balaban J connectivity index is 0. The van der Waals surface area contributed by atoms with E-state index in [9.17, 15) is 0 Å². The van der Waals surface area contributed by atoms with Crippen molar-refractivity contribution in [2.24, 2.45) is 0 Å². The summed E-state index contributed by atoms with van der Waals surface area (Å²) in [6.07, 6.45) is 0. The summed E-state index contributed by atoms with van der Waals surface area (Å²) in [5, 5.41) is 0. The van der Waals surface area contributed by atoms with E-state index < -0.39 is 0 Å². The molecule has 0 aliphatic rings. The van der Waals surface area contributed by atoms with E-state index in [4.69, 9.17) is 0 Å². The van der Waals surface area contributed by atoms with Gasteiger partial charge in [0, 0.05) is 83.0 Å². The van der Waals surface area contributed by atoms with Gasteiger partial charge in [0.1, 0.15) is 0 Å². The summed E-state index contributed by atoms with van der Waals surface area (Å²) in [4.78, 5) is 0. The Morgan fingerprint density at radius 2 is 1.00 bits per heavy atom. The summed E-state index contributed by atoms with van der Waals surface area (Å²) in [5.74, 6) is 0. The van der Waals surface area contributed by atoms with Gasteiger partial charge in [0.15, 0.2) is 0 Å². The summed E-state index contributed by atoms with van der Waals surface area (Å²) in [5.41, 5.74) is 0. The summed E-state index contributed by atoms with van der Waals surface area (Å²) in [6, 6.07) is 0. The van der Waals surface area contributed by atoms with Crippen molar-refractivity contribution in [3.8, 4) is 0 Å². The molecule has 0 saturated carbocycles. The van der Waals surface area contributed by atoms with Gasteiger partial charge < -0.3 is 0 Å². The minimum absolute atomic E-state index is 0. The molecule has 0 nitrogen and oxygen atoms in total. The van der Waals surface area contributed by atoms with Crippen molar-refractivity contribution < 1.29 is 72.0 Å². The maximum Gasteiger partial charge on any atom is 0 e. The second-order valence-electron chi connectivity index (χ2n) is 0. The molecular formula is CH4CrFeMoNiSi. The molecule has 0 rings (SSSR count). The molecule has 0 N–H and O–H groups in total. The molecule has 0 aromatic heterocycles. The van der Waals surface area contributed by atoms with Gasteiger partial charge in [0.05, 0.1) is 0 Å². The van der Waals surface area contributed by atoms with Gasteiger partial charge in [0.25, 0.3) is 0 Å². The van der Waals surface area contributed by atoms with Crippen LogP contribution in [-0.2, 0) is 72.0 Å². The van der Waals surface area contributed by atoms with Crippen molar-refractivity contribution in [1.29, 1.82) is 0 Å². The fraction of sp³-hybridized carbons (Fsp3) is 1.00. The first-order valence-corrected chi connectivity index (χ1v) is 0.